The van der Waals surface area contributed by atoms with Crippen LogP contribution in [0.3, 0.4) is 0 Å². The van der Waals surface area contributed by atoms with Gasteiger partial charge in [0.1, 0.15) is 0 Å². The molecule has 1 saturated heterocycles. The fraction of sp³-hybridized carbons (Fsp3) is 0.412. The van der Waals surface area contributed by atoms with Crippen molar-refractivity contribution in [1.82, 2.24) is 14.7 Å². The molecule has 0 saturated carbocycles. The quantitative estimate of drug-likeness (QED) is 0.938. The zero-order chi connectivity index (χ0) is 15.7. The molecule has 5 heteroatoms. The standard InChI is InChI=1S/C17H21N3O2/c1-12-14(9-19(2)18-12)15-10-20(11-16(15)17(21)22)8-13-6-4-3-5-7-13/h3-7,9,15-16H,8,10-11H2,1-2H3,(H,21,22)/t15-,16-/m1/s1. The van der Waals surface area contributed by atoms with Crippen LogP contribution in [-0.4, -0.2) is 38.8 Å². The molecule has 5 nitrogen and oxygen atoms in total. The number of carboxylic acid groups (broad SMARTS) is 1. The number of carboxylic acids is 1. The van der Waals surface area contributed by atoms with Crippen molar-refractivity contribution >= 4 is 5.97 Å². The van der Waals surface area contributed by atoms with Crippen molar-refractivity contribution in [3.63, 3.8) is 0 Å². The first-order valence-corrected chi connectivity index (χ1v) is 7.54. The molecule has 1 N–H and O–H groups in total. The molecular formula is C17H21N3O2. The van der Waals surface area contributed by atoms with E-state index in [1.807, 2.05) is 38.4 Å². The smallest absolute Gasteiger partial charge is 0.308 e. The molecule has 0 radical (unpaired) electrons. The lowest BCUT2D eigenvalue weighted by molar-refractivity contribution is -0.141. The second kappa shape index (κ2) is 5.93. The van der Waals surface area contributed by atoms with E-state index in [9.17, 15) is 9.90 Å². The number of nitrogens with zero attached hydrogens (tertiary/aromatic N) is 3. The molecule has 1 aromatic heterocycles. The first kappa shape index (κ1) is 14.8. The van der Waals surface area contributed by atoms with Gasteiger partial charge in [-0.1, -0.05) is 30.3 Å². The summed E-state index contributed by atoms with van der Waals surface area (Å²) < 4.78 is 1.77. The van der Waals surface area contributed by atoms with Crippen molar-refractivity contribution in [3.8, 4) is 0 Å². The van der Waals surface area contributed by atoms with E-state index < -0.39 is 5.97 Å². The minimum Gasteiger partial charge on any atom is -0.481 e. The van der Waals surface area contributed by atoms with Gasteiger partial charge < -0.3 is 5.11 Å². The normalized spacial score (nSPS) is 22.1. The topological polar surface area (TPSA) is 58.4 Å². The predicted octanol–water partition coefficient (Wildman–Crippen LogP) is 2.03. The van der Waals surface area contributed by atoms with E-state index in [0.29, 0.717) is 6.54 Å². The van der Waals surface area contributed by atoms with Crippen molar-refractivity contribution in [3.05, 3.63) is 53.3 Å². The van der Waals surface area contributed by atoms with Crippen LogP contribution in [0.15, 0.2) is 36.5 Å². The minimum atomic E-state index is -0.719. The Morgan fingerprint density at radius 2 is 2.05 bits per heavy atom. The van der Waals surface area contributed by atoms with Crippen LogP contribution in [0.4, 0.5) is 0 Å². The molecule has 3 rings (SSSR count). The maximum absolute atomic E-state index is 11.6. The number of aliphatic carboxylic acids is 1. The molecule has 0 amide bonds. The Hall–Kier alpha value is -2.14. The van der Waals surface area contributed by atoms with Crippen LogP contribution < -0.4 is 0 Å². The first-order chi connectivity index (χ1) is 10.5. The highest BCUT2D eigenvalue weighted by atomic mass is 16.4. The van der Waals surface area contributed by atoms with Crippen LogP contribution in [-0.2, 0) is 18.4 Å². The lowest BCUT2D eigenvalue weighted by Gasteiger charge is -2.15. The number of benzene rings is 1. The maximum Gasteiger partial charge on any atom is 0.308 e. The zero-order valence-corrected chi connectivity index (χ0v) is 12.9. The summed E-state index contributed by atoms with van der Waals surface area (Å²) >= 11 is 0. The summed E-state index contributed by atoms with van der Waals surface area (Å²) in [6.45, 7) is 4.09. The summed E-state index contributed by atoms with van der Waals surface area (Å²) in [6, 6.07) is 10.2. The highest BCUT2D eigenvalue weighted by Crippen LogP contribution is 2.34. The van der Waals surface area contributed by atoms with Crippen LogP contribution in [0.2, 0.25) is 0 Å². The van der Waals surface area contributed by atoms with Gasteiger partial charge in [0.15, 0.2) is 0 Å². The summed E-state index contributed by atoms with van der Waals surface area (Å²) in [5.41, 5.74) is 3.21. The van der Waals surface area contributed by atoms with Gasteiger partial charge in [0.25, 0.3) is 0 Å². The van der Waals surface area contributed by atoms with Crippen LogP contribution in [0, 0.1) is 12.8 Å². The average Bonchev–Trinajstić information content (AvgIpc) is 3.03. The number of hydrogen-bond donors (Lipinski definition) is 1. The summed E-state index contributed by atoms with van der Waals surface area (Å²) in [5, 5.41) is 13.9. The lowest BCUT2D eigenvalue weighted by atomic mass is 9.89. The Kier molecular flexibility index (Phi) is 3.98. The van der Waals surface area contributed by atoms with Gasteiger partial charge in [0.2, 0.25) is 0 Å². The summed E-state index contributed by atoms with van der Waals surface area (Å²) in [6.07, 6.45) is 1.96. The van der Waals surface area contributed by atoms with Gasteiger partial charge in [-0.15, -0.1) is 0 Å². The maximum atomic E-state index is 11.6. The number of aryl methyl sites for hydroxylation is 2. The summed E-state index contributed by atoms with van der Waals surface area (Å²) in [4.78, 5) is 13.9. The number of likely N-dealkylation sites (tertiary alicyclic amines) is 1. The number of rotatable bonds is 4. The van der Waals surface area contributed by atoms with Crippen LogP contribution in [0.25, 0.3) is 0 Å². The van der Waals surface area contributed by atoms with Crippen molar-refractivity contribution in [2.45, 2.75) is 19.4 Å². The molecule has 2 aromatic rings. The zero-order valence-electron chi connectivity index (χ0n) is 12.9. The molecule has 1 aromatic carbocycles. The molecule has 116 valence electrons. The second-order valence-electron chi connectivity index (χ2n) is 6.07. The Bertz CT molecular complexity index is 666. The third kappa shape index (κ3) is 2.90. The minimum absolute atomic E-state index is 0.00918. The third-order valence-corrected chi connectivity index (χ3v) is 4.41. The van der Waals surface area contributed by atoms with Crippen LogP contribution in [0.5, 0.6) is 0 Å². The molecule has 0 bridgehead atoms. The van der Waals surface area contributed by atoms with Crippen molar-refractivity contribution in [2.75, 3.05) is 13.1 Å². The Balaban J connectivity index is 1.81. The van der Waals surface area contributed by atoms with Crippen molar-refractivity contribution in [1.29, 1.82) is 0 Å². The summed E-state index contributed by atoms with van der Waals surface area (Å²) in [7, 11) is 1.88. The van der Waals surface area contributed by atoms with Gasteiger partial charge in [0, 0.05) is 38.8 Å². The van der Waals surface area contributed by atoms with Crippen molar-refractivity contribution in [2.24, 2.45) is 13.0 Å². The van der Waals surface area contributed by atoms with Gasteiger partial charge in [-0.25, -0.2) is 0 Å². The van der Waals surface area contributed by atoms with Gasteiger partial charge in [-0.05, 0) is 18.1 Å². The summed E-state index contributed by atoms with van der Waals surface area (Å²) in [5.74, 6) is -1.08. The number of aromatic nitrogens is 2. The second-order valence-corrected chi connectivity index (χ2v) is 6.07. The molecule has 0 unspecified atom stereocenters. The molecule has 1 aliphatic heterocycles. The van der Waals surface area contributed by atoms with E-state index in [2.05, 4.69) is 22.1 Å². The van der Waals surface area contributed by atoms with Gasteiger partial charge in [-0.2, -0.15) is 5.10 Å². The highest BCUT2D eigenvalue weighted by Gasteiger charge is 2.39. The van der Waals surface area contributed by atoms with Crippen molar-refractivity contribution < 1.29 is 9.90 Å². The molecule has 1 aliphatic rings. The molecule has 0 aliphatic carbocycles. The Labute approximate surface area is 130 Å². The SMILES string of the molecule is Cc1nn(C)cc1[C@H]1CN(Cc2ccccc2)C[C@H]1C(=O)O. The van der Waals surface area contributed by atoms with E-state index in [-0.39, 0.29) is 11.8 Å². The molecule has 2 atom stereocenters. The third-order valence-electron chi connectivity index (χ3n) is 4.41. The van der Waals surface area contributed by atoms with E-state index in [1.165, 1.54) is 5.56 Å². The Morgan fingerprint density at radius 3 is 2.64 bits per heavy atom. The lowest BCUT2D eigenvalue weighted by Crippen LogP contribution is -2.23. The molecule has 22 heavy (non-hydrogen) atoms. The van der Waals surface area contributed by atoms with Gasteiger partial charge >= 0.3 is 5.97 Å². The van der Waals surface area contributed by atoms with Gasteiger partial charge in [0.05, 0.1) is 11.6 Å². The number of hydrogen-bond acceptors (Lipinski definition) is 3. The fourth-order valence-electron chi connectivity index (χ4n) is 3.40. The first-order valence-electron chi connectivity index (χ1n) is 7.54. The average molecular weight is 299 g/mol. The van der Waals surface area contributed by atoms with E-state index >= 15 is 0 Å². The van der Waals surface area contributed by atoms with Crippen LogP contribution in [0.1, 0.15) is 22.7 Å². The fourth-order valence-corrected chi connectivity index (χ4v) is 3.40. The molecule has 0 spiro atoms. The predicted molar refractivity (Wildman–Crippen MR) is 83.5 cm³/mol. The number of carbonyl (C=O) groups is 1. The van der Waals surface area contributed by atoms with Gasteiger partial charge in [-0.3, -0.25) is 14.4 Å². The molecule has 1 fully saturated rings. The highest BCUT2D eigenvalue weighted by molar-refractivity contribution is 5.72. The largest absolute Gasteiger partial charge is 0.481 e. The van der Waals surface area contributed by atoms with E-state index in [0.717, 1.165) is 24.3 Å². The Morgan fingerprint density at radius 1 is 1.32 bits per heavy atom. The van der Waals surface area contributed by atoms with Crippen LogP contribution >= 0.6 is 0 Å². The monoisotopic (exact) mass is 299 g/mol. The van der Waals surface area contributed by atoms with E-state index in [1.54, 1.807) is 4.68 Å². The molecule has 2 heterocycles. The molecular weight excluding hydrogens is 278 g/mol. The van der Waals surface area contributed by atoms with E-state index in [4.69, 9.17) is 0 Å².